The van der Waals surface area contributed by atoms with Crippen LogP contribution in [-0.2, 0) is 4.74 Å². The number of nitrogens with two attached hydrogens (primary N) is 1. The molecule has 0 aromatic heterocycles. The summed E-state index contributed by atoms with van der Waals surface area (Å²) in [5.74, 6) is 6.73. The molecule has 2 rings (SSSR count). The fourth-order valence-electron chi connectivity index (χ4n) is 2.52. The van der Waals surface area contributed by atoms with Gasteiger partial charge in [0.05, 0.1) is 12.6 Å². The third-order valence-corrected chi connectivity index (χ3v) is 3.64. The average Bonchev–Trinajstić information content (AvgIpc) is 2.53. The van der Waals surface area contributed by atoms with Gasteiger partial charge in [-0.3, -0.25) is 4.90 Å². The van der Waals surface area contributed by atoms with Crippen molar-refractivity contribution in [3.63, 3.8) is 0 Å². The standard InChI is InChI=1S/C17H24N2O2/c1-20-17-8-4-10-19(14-17)11-12-21-16-7-2-5-15(13-16)6-3-9-18/h2,5,7,13,17H,4,8-12,14,18H2,1H3. The molecule has 1 atom stereocenters. The molecule has 0 bridgehead atoms. The molecule has 1 unspecified atom stereocenters. The molecule has 4 heteroatoms. The van der Waals surface area contributed by atoms with Gasteiger partial charge in [-0.2, -0.15) is 0 Å². The Hall–Kier alpha value is -1.54. The Labute approximate surface area is 127 Å². The van der Waals surface area contributed by atoms with Crippen LogP contribution in [-0.4, -0.2) is 50.9 Å². The first kappa shape index (κ1) is 15.8. The molecule has 1 aromatic carbocycles. The highest BCUT2D eigenvalue weighted by Gasteiger charge is 2.18. The predicted octanol–water partition coefficient (Wildman–Crippen LogP) is 1.49. The van der Waals surface area contributed by atoms with Crippen molar-refractivity contribution in [2.24, 2.45) is 5.73 Å². The molecule has 1 heterocycles. The van der Waals surface area contributed by atoms with E-state index in [1.807, 2.05) is 24.3 Å². The molecule has 0 saturated carbocycles. The third-order valence-electron chi connectivity index (χ3n) is 3.64. The van der Waals surface area contributed by atoms with Crippen LogP contribution in [0.15, 0.2) is 24.3 Å². The summed E-state index contributed by atoms with van der Waals surface area (Å²) in [5.41, 5.74) is 6.32. The van der Waals surface area contributed by atoms with Crippen LogP contribution < -0.4 is 10.5 Å². The molecule has 1 fully saturated rings. The molecule has 21 heavy (non-hydrogen) atoms. The van der Waals surface area contributed by atoms with Crippen LogP contribution in [0, 0.1) is 11.8 Å². The van der Waals surface area contributed by atoms with E-state index in [1.54, 1.807) is 7.11 Å². The Kier molecular flexibility index (Phi) is 6.55. The second-order valence-electron chi connectivity index (χ2n) is 5.18. The molecular formula is C17H24N2O2. The summed E-state index contributed by atoms with van der Waals surface area (Å²) in [6.45, 7) is 4.12. The number of ether oxygens (including phenoxy) is 2. The van der Waals surface area contributed by atoms with Crippen molar-refractivity contribution in [3.05, 3.63) is 29.8 Å². The van der Waals surface area contributed by atoms with Crippen LogP contribution in [0.1, 0.15) is 18.4 Å². The fraction of sp³-hybridized carbons (Fsp3) is 0.529. The first-order chi connectivity index (χ1) is 10.3. The SMILES string of the molecule is COC1CCCN(CCOc2cccc(C#CCN)c2)C1. The van der Waals surface area contributed by atoms with Crippen molar-refractivity contribution in [1.82, 2.24) is 4.90 Å². The summed E-state index contributed by atoms with van der Waals surface area (Å²) in [6, 6.07) is 7.83. The summed E-state index contributed by atoms with van der Waals surface area (Å²) in [5, 5.41) is 0. The van der Waals surface area contributed by atoms with Gasteiger partial charge in [-0.25, -0.2) is 0 Å². The Balaban J connectivity index is 1.78. The fourth-order valence-corrected chi connectivity index (χ4v) is 2.52. The maximum absolute atomic E-state index is 5.82. The lowest BCUT2D eigenvalue weighted by molar-refractivity contribution is 0.0272. The van der Waals surface area contributed by atoms with Crippen LogP contribution in [0.5, 0.6) is 5.75 Å². The van der Waals surface area contributed by atoms with Gasteiger partial charge in [-0.1, -0.05) is 17.9 Å². The minimum Gasteiger partial charge on any atom is -0.492 e. The highest BCUT2D eigenvalue weighted by molar-refractivity contribution is 5.39. The Morgan fingerprint density at radius 3 is 3.14 bits per heavy atom. The molecule has 1 aliphatic rings. The summed E-state index contributed by atoms with van der Waals surface area (Å²) in [4.78, 5) is 2.40. The summed E-state index contributed by atoms with van der Waals surface area (Å²) < 4.78 is 11.2. The van der Waals surface area contributed by atoms with Crippen molar-refractivity contribution in [3.8, 4) is 17.6 Å². The van der Waals surface area contributed by atoms with Crippen molar-refractivity contribution in [2.75, 3.05) is 39.9 Å². The zero-order valence-electron chi connectivity index (χ0n) is 12.7. The number of methoxy groups -OCH3 is 1. The van der Waals surface area contributed by atoms with Crippen LogP contribution in [0.4, 0.5) is 0 Å². The van der Waals surface area contributed by atoms with E-state index in [-0.39, 0.29) is 0 Å². The van der Waals surface area contributed by atoms with Crippen molar-refractivity contribution < 1.29 is 9.47 Å². The molecule has 114 valence electrons. The van der Waals surface area contributed by atoms with E-state index in [1.165, 1.54) is 6.42 Å². The highest BCUT2D eigenvalue weighted by Crippen LogP contribution is 2.14. The van der Waals surface area contributed by atoms with Crippen molar-refractivity contribution in [2.45, 2.75) is 18.9 Å². The van der Waals surface area contributed by atoms with Gasteiger partial charge in [0, 0.05) is 25.8 Å². The van der Waals surface area contributed by atoms with Crippen LogP contribution >= 0.6 is 0 Å². The highest BCUT2D eigenvalue weighted by atomic mass is 16.5. The maximum Gasteiger partial charge on any atom is 0.120 e. The summed E-state index contributed by atoms with van der Waals surface area (Å²) in [6.07, 6.45) is 2.73. The zero-order valence-corrected chi connectivity index (χ0v) is 12.7. The number of likely N-dealkylation sites (tertiary alicyclic amines) is 1. The second kappa shape index (κ2) is 8.68. The van der Waals surface area contributed by atoms with Gasteiger partial charge >= 0.3 is 0 Å². The van der Waals surface area contributed by atoms with E-state index in [4.69, 9.17) is 15.2 Å². The molecule has 0 amide bonds. The Morgan fingerprint density at radius 2 is 2.33 bits per heavy atom. The van der Waals surface area contributed by atoms with Gasteiger partial charge in [0.15, 0.2) is 0 Å². The summed E-state index contributed by atoms with van der Waals surface area (Å²) in [7, 11) is 1.79. The number of hydrogen-bond donors (Lipinski definition) is 1. The van der Waals surface area contributed by atoms with E-state index in [2.05, 4.69) is 16.7 Å². The number of rotatable bonds is 5. The molecule has 0 aliphatic carbocycles. The molecule has 1 aromatic rings. The lowest BCUT2D eigenvalue weighted by Gasteiger charge is -2.31. The van der Waals surface area contributed by atoms with Gasteiger partial charge in [0.2, 0.25) is 0 Å². The number of nitrogens with zero attached hydrogens (tertiary/aromatic N) is 1. The smallest absolute Gasteiger partial charge is 0.120 e. The quantitative estimate of drug-likeness (QED) is 0.834. The molecule has 0 radical (unpaired) electrons. The number of benzene rings is 1. The van der Waals surface area contributed by atoms with E-state index >= 15 is 0 Å². The Bertz CT molecular complexity index is 493. The lowest BCUT2D eigenvalue weighted by Crippen LogP contribution is -2.41. The topological polar surface area (TPSA) is 47.7 Å². The Morgan fingerprint density at radius 1 is 1.43 bits per heavy atom. The predicted molar refractivity (Wildman–Crippen MR) is 84.3 cm³/mol. The number of hydrogen-bond acceptors (Lipinski definition) is 4. The minimum absolute atomic E-state index is 0.369. The van der Waals surface area contributed by atoms with E-state index in [0.29, 0.717) is 19.3 Å². The molecule has 2 N–H and O–H groups in total. The zero-order chi connectivity index (χ0) is 14.9. The minimum atomic E-state index is 0.369. The first-order valence-corrected chi connectivity index (χ1v) is 7.49. The van der Waals surface area contributed by atoms with Crippen molar-refractivity contribution >= 4 is 0 Å². The summed E-state index contributed by atoms with van der Waals surface area (Å²) >= 11 is 0. The van der Waals surface area contributed by atoms with Crippen LogP contribution in [0.2, 0.25) is 0 Å². The lowest BCUT2D eigenvalue weighted by atomic mass is 10.1. The third kappa shape index (κ3) is 5.39. The first-order valence-electron chi connectivity index (χ1n) is 7.49. The van der Waals surface area contributed by atoms with E-state index in [9.17, 15) is 0 Å². The maximum atomic E-state index is 5.82. The van der Waals surface area contributed by atoms with E-state index < -0.39 is 0 Å². The van der Waals surface area contributed by atoms with Gasteiger partial charge in [-0.15, -0.1) is 0 Å². The van der Waals surface area contributed by atoms with E-state index in [0.717, 1.165) is 37.4 Å². The van der Waals surface area contributed by atoms with Gasteiger partial charge in [0.25, 0.3) is 0 Å². The normalized spacial score (nSPS) is 18.9. The number of piperidine rings is 1. The molecular weight excluding hydrogens is 264 g/mol. The average molecular weight is 288 g/mol. The second-order valence-corrected chi connectivity index (χ2v) is 5.18. The monoisotopic (exact) mass is 288 g/mol. The van der Waals surface area contributed by atoms with Crippen LogP contribution in [0.3, 0.4) is 0 Å². The van der Waals surface area contributed by atoms with Gasteiger partial charge in [-0.05, 0) is 37.6 Å². The molecule has 1 saturated heterocycles. The largest absolute Gasteiger partial charge is 0.492 e. The van der Waals surface area contributed by atoms with Gasteiger partial charge < -0.3 is 15.2 Å². The molecule has 4 nitrogen and oxygen atoms in total. The molecule has 0 spiro atoms. The van der Waals surface area contributed by atoms with Gasteiger partial charge in [0.1, 0.15) is 12.4 Å². The van der Waals surface area contributed by atoms with Crippen LogP contribution in [0.25, 0.3) is 0 Å². The molecule has 1 aliphatic heterocycles. The van der Waals surface area contributed by atoms with Crippen molar-refractivity contribution in [1.29, 1.82) is 0 Å².